The summed E-state index contributed by atoms with van der Waals surface area (Å²) in [5, 5.41) is 10.1. The zero-order valence-corrected chi connectivity index (χ0v) is 16.1. The normalized spacial score (nSPS) is 11.8. The highest BCUT2D eigenvalue weighted by molar-refractivity contribution is 7.93. The Balaban J connectivity index is 1.97. The monoisotopic (exact) mass is 440 g/mol. The van der Waals surface area contributed by atoms with Crippen LogP contribution in [0.3, 0.4) is 0 Å². The lowest BCUT2D eigenvalue weighted by atomic mass is 10.2. The van der Waals surface area contributed by atoms with Gasteiger partial charge in [-0.25, -0.2) is 25.6 Å². The molecular formula is C18H14F2N2O5S2. The third-order valence-corrected chi connectivity index (χ3v) is 6.52. The molecule has 3 aromatic carbocycles. The molecule has 29 heavy (non-hydrogen) atoms. The van der Waals surface area contributed by atoms with Gasteiger partial charge in [-0.15, -0.1) is 0 Å². The van der Waals surface area contributed by atoms with E-state index in [4.69, 9.17) is 0 Å². The van der Waals surface area contributed by atoms with Gasteiger partial charge in [-0.3, -0.25) is 9.44 Å². The molecule has 0 aromatic heterocycles. The van der Waals surface area contributed by atoms with E-state index in [1.807, 2.05) is 0 Å². The molecule has 3 rings (SSSR count). The van der Waals surface area contributed by atoms with Gasteiger partial charge in [0.15, 0.2) is 0 Å². The number of aromatic hydroxyl groups is 1. The Morgan fingerprint density at radius 2 is 1.10 bits per heavy atom. The second-order valence-electron chi connectivity index (χ2n) is 5.82. The van der Waals surface area contributed by atoms with Crippen LogP contribution in [-0.4, -0.2) is 21.9 Å². The Morgan fingerprint density at radius 1 is 0.655 bits per heavy atom. The first kappa shape index (κ1) is 20.6. The number of phenols is 1. The van der Waals surface area contributed by atoms with Crippen LogP contribution < -0.4 is 9.44 Å². The number of nitrogens with one attached hydrogen (secondary N) is 2. The second kappa shape index (κ2) is 7.68. The molecule has 0 saturated heterocycles. The molecule has 0 spiro atoms. The first-order chi connectivity index (χ1) is 13.6. The molecule has 0 aliphatic heterocycles. The maximum absolute atomic E-state index is 13.0. The van der Waals surface area contributed by atoms with E-state index in [2.05, 4.69) is 9.44 Å². The standard InChI is InChI=1S/C18H14F2N2O5S2/c19-12-4-8-14(9-5-12)28(24,25)21-16-2-1-3-17(23)18(16)22-29(26,27)15-10-6-13(20)7-11-15/h1-11,21-23H. The minimum absolute atomic E-state index is 0.264. The van der Waals surface area contributed by atoms with E-state index in [0.29, 0.717) is 0 Å². The summed E-state index contributed by atoms with van der Waals surface area (Å²) in [5.74, 6) is -1.82. The van der Waals surface area contributed by atoms with E-state index in [1.54, 1.807) is 0 Å². The molecular weight excluding hydrogens is 426 g/mol. The fourth-order valence-electron chi connectivity index (χ4n) is 2.36. The van der Waals surface area contributed by atoms with E-state index in [9.17, 15) is 30.7 Å². The van der Waals surface area contributed by atoms with E-state index in [0.717, 1.165) is 54.6 Å². The fraction of sp³-hybridized carbons (Fsp3) is 0. The summed E-state index contributed by atoms with van der Waals surface area (Å²) in [4.78, 5) is -0.566. The van der Waals surface area contributed by atoms with Gasteiger partial charge >= 0.3 is 0 Å². The highest BCUT2D eigenvalue weighted by Gasteiger charge is 2.22. The van der Waals surface area contributed by atoms with Crippen LogP contribution in [0.5, 0.6) is 5.75 Å². The predicted molar refractivity (Wildman–Crippen MR) is 103 cm³/mol. The molecule has 0 aliphatic carbocycles. The Labute approximate surface area is 165 Å². The number of para-hydroxylation sites is 1. The van der Waals surface area contributed by atoms with Crippen LogP contribution in [0.2, 0.25) is 0 Å². The highest BCUT2D eigenvalue weighted by Crippen LogP contribution is 2.35. The third-order valence-electron chi connectivity index (χ3n) is 3.77. The first-order valence-electron chi connectivity index (χ1n) is 7.97. The van der Waals surface area contributed by atoms with Gasteiger partial charge in [-0.2, -0.15) is 0 Å². The van der Waals surface area contributed by atoms with Crippen molar-refractivity contribution in [2.75, 3.05) is 9.44 Å². The van der Waals surface area contributed by atoms with Crippen molar-refractivity contribution >= 4 is 31.4 Å². The number of hydrogen-bond donors (Lipinski definition) is 3. The summed E-state index contributed by atoms with van der Waals surface area (Å²) in [5.41, 5.74) is -0.692. The van der Waals surface area contributed by atoms with E-state index < -0.39 is 43.1 Å². The molecule has 3 N–H and O–H groups in total. The largest absolute Gasteiger partial charge is 0.506 e. The van der Waals surface area contributed by atoms with Crippen molar-refractivity contribution in [2.45, 2.75) is 9.79 Å². The lowest BCUT2D eigenvalue weighted by Gasteiger charge is -2.16. The average Bonchev–Trinajstić information content (AvgIpc) is 2.65. The van der Waals surface area contributed by atoms with Crippen LogP contribution in [-0.2, 0) is 20.0 Å². The van der Waals surface area contributed by atoms with E-state index >= 15 is 0 Å². The van der Waals surface area contributed by atoms with Gasteiger partial charge in [-0.1, -0.05) is 6.07 Å². The van der Waals surface area contributed by atoms with Crippen LogP contribution in [0.25, 0.3) is 0 Å². The van der Waals surface area contributed by atoms with Gasteiger partial charge in [0, 0.05) is 0 Å². The number of halogens is 2. The fourth-order valence-corrected chi connectivity index (χ4v) is 4.52. The quantitative estimate of drug-likeness (QED) is 0.509. The first-order valence-corrected chi connectivity index (χ1v) is 10.9. The zero-order valence-electron chi connectivity index (χ0n) is 14.5. The molecule has 152 valence electrons. The molecule has 0 unspecified atom stereocenters. The Morgan fingerprint density at radius 3 is 1.59 bits per heavy atom. The maximum Gasteiger partial charge on any atom is 0.262 e. The number of benzene rings is 3. The molecule has 11 heteroatoms. The Kier molecular flexibility index (Phi) is 5.44. The molecule has 0 radical (unpaired) electrons. The van der Waals surface area contributed by atoms with Crippen molar-refractivity contribution in [1.29, 1.82) is 0 Å². The summed E-state index contributed by atoms with van der Waals surface area (Å²) < 4.78 is 80.4. The van der Waals surface area contributed by atoms with Crippen molar-refractivity contribution in [3.8, 4) is 5.75 Å². The predicted octanol–water partition coefficient (Wildman–Crippen LogP) is 3.27. The molecule has 7 nitrogen and oxygen atoms in total. The smallest absolute Gasteiger partial charge is 0.262 e. The van der Waals surface area contributed by atoms with Gasteiger partial charge < -0.3 is 5.11 Å². The molecule has 0 atom stereocenters. The molecule has 0 aliphatic rings. The minimum Gasteiger partial charge on any atom is -0.506 e. The summed E-state index contributed by atoms with van der Waals surface area (Å²) in [6.07, 6.45) is 0. The van der Waals surface area contributed by atoms with E-state index in [1.165, 1.54) is 12.1 Å². The van der Waals surface area contributed by atoms with Crippen LogP contribution in [0, 0.1) is 11.6 Å². The van der Waals surface area contributed by atoms with Gasteiger partial charge in [-0.05, 0) is 60.7 Å². The van der Waals surface area contributed by atoms with Gasteiger partial charge in [0.2, 0.25) is 0 Å². The average molecular weight is 440 g/mol. The lowest BCUT2D eigenvalue weighted by molar-refractivity contribution is 0.478. The van der Waals surface area contributed by atoms with Crippen molar-refractivity contribution < 1.29 is 30.7 Å². The number of anilines is 2. The number of phenolic OH excluding ortho intramolecular Hbond substituents is 1. The van der Waals surface area contributed by atoms with Crippen LogP contribution >= 0.6 is 0 Å². The molecule has 0 saturated carbocycles. The molecule has 0 heterocycles. The highest BCUT2D eigenvalue weighted by atomic mass is 32.2. The lowest BCUT2D eigenvalue weighted by Crippen LogP contribution is -2.17. The summed E-state index contributed by atoms with van der Waals surface area (Å²) in [6, 6.07) is 11.6. The third kappa shape index (κ3) is 4.63. The van der Waals surface area contributed by atoms with Crippen molar-refractivity contribution in [3.63, 3.8) is 0 Å². The van der Waals surface area contributed by atoms with Crippen molar-refractivity contribution in [3.05, 3.63) is 78.4 Å². The number of hydrogen-bond acceptors (Lipinski definition) is 5. The van der Waals surface area contributed by atoms with Crippen molar-refractivity contribution in [2.24, 2.45) is 0 Å². The number of sulfonamides is 2. The van der Waals surface area contributed by atoms with E-state index in [-0.39, 0.29) is 15.5 Å². The van der Waals surface area contributed by atoms with Crippen LogP contribution in [0.1, 0.15) is 0 Å². The Hall–Kier alpha value is -3.18. The topological polar surface area (TPSA) is 113 Å². The zero-order chi connectivity index (χ0) is 21.2. The molecule has 0 amide bonds. The van der Waals surface area contributed by atoms with Crippen LogP contribution in [0.4, 0.5) is 20.2 Å². The minimum atomic E-state index is -4.26. The van der Waals surface area contributed by atoms with Crippen molar-refractivity contribution in [1.82, 2.24) is 0 Å². The van der Waals surface area contributed by atoms with Gasteiger partial charge in [0.1, 0.15) is 23.1 Å². The number of rotatable bonds is 6. The van der Waals surface area contributed by atoms with Gasteiger partial charge in [0.05, 0.1) is 15.5 Å². The summed E-state index contributed by atoms with van der Waals surface area (Å²) in [6.45, 7) is 0. The van der Waals surface area contributed by atoms with Crippen LogP contribution in [0.15, 0.2) is 76.5 Å². The second-order valence-corrected chi connectivity index (χ2v) is 9.18. The SMILES string of the molecule is O=S(=O)(Nc1cccc(O)c1NS(=O)(=O)c1ccc(F)cc1)c1ccc(F)cc1. The molecule has 3 aromatic rings. The molecule has 0 fully saturated rings. The summed E-state index contributed by atoms with van der Waals surface area (Å²) in [7, 11) is -8.47. The Bertz CT molecular complexity index is 1240. The molecule has 0 bridgehead atoms. The summed E-state index contributed by atoms with van der Waals surface area (Å²) >= 11 is 0. The maximum atomic E-state index is 13.0. The van der Waals surface area contributed by atoms with Gasteiger partial charge in [0.25, 0.3) is 20.0 Å².